The molecule has 0 aliphatic rings. The molecular formula is C19H13ClI2N6O2. The van der Waals surface area contributed by atoms with Crippen LogP contribution in [0.25, 0.3) is 11.4 Å². The molecule has 0 fully saturated rings. The molecule has 8 nitrogen and oxygen atoms in total. The van der Waals surface area contributed by atoms with Crippen LogP contribution in [0.1, 0.15) is 5.56 Å². The van der Waals surface area contributed by atoms with Gasteiger partial charge in [-0.05, 0) is 74.7 Å². The van der Waals surface area contributed by atoms with E-state index in [0.717, 1.165) is 7.14 Å². The fraction of sp³-hybridized carbons (Fsp3) is 0.105. The normalized spacial score (nSPS) is 10.7. The van der Waals surface area contributed by atoms with Crippen molar-refractivity contribution in [3.63, 3.8) is 0 Å². The fourth-order valence-electron chi connectivity index (χ4n) is 2.34. The van der Waals surface area contributed by atoms with Crippen LogP contribution in [-0.4, -0.2) is 38.9 Å². The summed E-state index contributed by atoms with van der Waals surface area (Å²) in [6.45, 7) is -0.0192. The molecule has 0 bridgehead atoms. The van der Waals surface area contributed by atoms with E-state index < -0.39 is 5.91 Å². The first-order chi connectivity index (χ1) is 14.5. The highest BCUT2D eigenvalue weighted by Crippen LogP contribution is 2.27. The van der Waals surface area contributed by atoms with Crippen molar-refractivity contribution < 1.29 is 9.53 Å². The van der Waals surface area contributed by atoms with Crippen LogP contribution in [0, 0.1) is 19.5 Å². The number of halogens is 3. The number of carbonyl (C=O) groups is 1. The van der Waals surface area contributed by atoms with E-state index in [1.807, 2.05) is 18.2 Å². The Kier molecular flexibility index (Phi) is 8.00. The van der Waals surface area contributed by atoms with Gasteiger partial charge < -0.3 is 4.74 Å². The summed E-state index contributed by atoms with van der Waals surface area (Å²) < 4.78 is 7.47. The van der Waals surface area contributed by atoms with E-state index in [9.17, 15) is 4.79 Å². The van der Waals surface area contributed by atoms with Crippen LogP contribution >= 0.6 is 56.8 Å². The number of amides is 1. The maximum absolute atomic E-state index is 12.2. The first-order valence-corrected chi connectivity index (χ1v) is 10.9. The van der Waals surface area contributed by atoms with Gasteiger partial charge in [-0.3, -0.25) is 4.79 Å². The number of hydrogen-bond acceptors (Lipinski definition) is 6. The minimum Gasteiger partial charge on any atom is -0.479 e. The lowest BCUT2D eigenvalue weighted by atomic mass is 10.2. The molecule has 0 aliphatic carbocycles. The van der Waals surface area contributed by atoms with Crippen LogP contribution in [0.4, 0.5) is 0 Å². The van der Waals surface area contributed by atoms with Gasteiger partial charge >= 0.3 is 0 Å². The van der Waals surface area contributed by atoms with E-state index in [1.54, 1.807) is 18.2 Å². The lowest BCUT2D eigenvalue weighted by Gasteiger charge is -2.09. The van der Waals surface area contributed by atoms with Crippen molar-refractivity contribution in [3.8, 4) is 29.5 Å². The molecule has 1 aromatic heterocycles. The Morgan fingerprint density at radius 3 is 2.93 bits per heavy atom. The van der Waals surface area contributed by atoms with Gasteiger partial charge in [0.25, 0.3) is 5.91 Å². The minimum atomic E-state index is -0.416. The van der Waals surface area contributed by atoms with Crippen molar-refractivity contribution in [2.24, 2.45) is 5.10 Å². The quantitative estimate of drug-likeness (QED) is 0.184. The summed E-state index contributed by atoms with van der Waals surface area (Å²) in [7, 11) is 0. The molecule has 1 amide bonds. The largest absolute Gasteiger partial charge is 0.479 e. The van der Waals surface area contributed by atoms with Crippen LogP contribution in [0.15, 0.2) is 41.5 Å². The molecular weight excluding hydrogens is 634 g/mol. The number of terminal acetylenes is 1. The van der Waals surface area contributed by atoms with Crippen molar-refractivity contribution >= 4 is 68.9 Å². The number of hydrogen-bond donors (Lipinski definition) is 1. The Morgan fingerprint density at radius 1 is 1.37 bits per heavy atom. The van der Waals surface area contributed by atoms with Crippen LogP contribution in [0.3, 0.4) is 0 Å². The van der Waals surface area contributed by atoms with Gasteiger partial charge in [0, 0.05) is 14.7 Å². The highest BCUT2D eigenvalue weighted by atomic mass is 127. The third kappa shape index (κ3) is 5.89. The van der Waals surface area contributed by atoms with Gasteiger partial charge in [-0.25, -0.2) is 5.43 Å². The van der Waals surface area contributed by atoms with E-state index in [-0.39, 0.29) is 13.2 Å². The van der Waals surface area contributed by atoms with Gasteiger partial charge in [0.1, 0.15) is 18.9 Å². The number of rotatable bonds is 7. The smallest absolute Gasteiger partial charge is 0.263 e. The predicted molar refractivity (Wildman–Crippen MR) is 130 cm³/mol. The van der Waals surface area contributed by atoms with Gasteiger partial charge in [0.05, 0.1) is 14.8 Å². The molecule has 30 heavy (non-hydrogen) atoms. The maximum atomic E-state index is 12.2. The Labute approximate surface area is 204 Å². The molecule has 0 unspecified atom stereocenters. The summed E-state index contributed by atoms with van der Waals surface area (Å²) in [6.07, 6.45) is 6.77. The number of aromatic nitrogens is 4. The Balaban J connectivity index is 1.65. The van der Waals surface area contributed by atoms with Crippen molar-refractivity contribution in [2.45, 2.75) is 6.54 Å². The first-order valence-electron chi connectivity index (χ1n) is 8.38. The van der Waals surface area contributed by atoms with Crippen LogP contribution in [0.2, 0.25) is 5.02 Å². The Hall–Kier alpha value is -2.24. The summed E-state index contributed by atoms with van der Waals surface area (Å²) in [5, 5.41) is 16.5. The zero-order valence-corrected chi connectivity index (χ0v) is 20.3. The van der Waals surface area contributed by atoms with Gasteiger partial charge in [0.2, 0.25) is 5.82 Å². The third-order valence-corrected chi connectivity index (χ3v) is 5.34. The second-order valence-electron chi connectivity index (χ2n) is 5.72. The van der Waals surface area contributed by atoms with Gasteiger partial charge in [-0.15, -0.1) is 16.6 Å². The monoisotopic (exact) mass is 646 g/mol. The standard InChI is InChI=1S/C19H13ClI2N6O2/c1-2-7-30-18-12(8-13(21)9-16(18)22)10-23-24-17(29)11-28-26-19(25-27-28)14-5-3-4-6-15(14)20/h1,3-6,8-10H,7,11H2,(H,24,29). The summed E-state index contributed by atoms with van der Waals surface area (Å²) in [5.74, 6) is 2.96. The number of ether oxygens (including phenoxy) is 1. The maximum Gasteiger partial charge on any atom is 0.263 e. The molecule has 2 aromatic carbocycles. The Bertz CT molecular complexity index is 1140. The van der Waals surface area contributed by atoms with Gasteiger partial charge in [-0.2, -0.15) is 9.90 Å². The van der Waals surface area contributed by atoms with Crippen molar-refractivity contribution in [1.29, 1.82) is 0 Å². The zero-order chi connectivity index (χ0) is 21.5. The molecule has 11 heteroatoms. The second kappa shape index (κ2) is 10.7. The molecule has 0 aliphatic heterocycles. The van der Waals surface area contributed by atoms with Crippen LogP contribution in [-0.2, 0) is 11.3 Å². The molecule has 1 heterocycles. The topological polar surface area (TPSA) is 94.3 Å². The molecule has 0 saturated carbocycles. The summed E-state index contributed by atoms with van der Waals surface area (Å²) in [5.41, 5.74) is 3.77. The molecule has 152 valence electrons. The van der Waals surface area contributed by atoms with E-state index in [1.165, 1.54) is 11.0 Å². The average Bonchev–Trinajstić information content (AvgIpc) is 3.15. The second-order valence-corrected chi connectivity index (χ2v) is 8.53. The number of benzene rings is 2. The average molecular weight is 647 g/mol. The van der Waals surface area contributed by atoms with E-state index >= 15 is 0 Å². The molecule has 0 atom stereocenters. The highest BCUT2D eigenvalue weighted by molar-refractivity contribution is 14.1. The van der Waals surface area contributed by atoms with Crippen molar-refractivity contribution in [2.75, 3.05) is 6.61 Å². The summed E-state index contributed by atoms with van der Waals surface area (Å²) in [4.78, 5) is 13.3. The number of hydrazone groups is 1. The SMILES string of the molecule is C#CCOc1c(I)cc(I)cc1C=NNC(=O)Cn1nnc(-c2ccccc2Cl)n1. The number of tetrazole rings is 1. The Morgan fingerprint density at radius 2 is 2.17 bits per heavy atom. The molecule has 3 rings (SSSR count). The van der Waals surface area contributed by atoms with Crippen molar-refractivity contribution in [1.82, 2.24) is 25.6 Å². The summed E-state index contributed by atoms with van der Waals surface area (Å²) in [6, 6.07) is 11.0. The zero-order valence-electron chi connectivity index (χ0n) is 15.2. The summed E-state index contributed by atoms with van der Waals surface area (Å²) >= 11 is 10.5. The van der Waals surface area contributed by atoms with E-state index in [4.69, 9.17) is 22.8 Å². The fourth-order valence-corrected chi connectivity index (χ4v) is 4.61. The molecule has 1 N–H and O–H groups in total. The minimum absolute atomic E-state index is 0.134. The molecule has 0 saturated heterocycles. The molecule has 0 spiro atoms. The van der Waals surface area contributed by atoms with E-state index in [0.29, 0.717) is 27.7 Å². The van der Waals surface area contributed by atoms with Crippen LogP contribution in [0.5, 0.6) is 5.75 Å². The lowest BCUT2D eigenvalue weighted by Crippen LogP contribution is -2.24. The third-order valence-electron chi connectivity index (χ3n) is 3.58. The van der Waals surface area contributed by atoms with Gasteiger partial charge in [0.15, 0.2) is 0 Å². The van der Waals surface area contributed by atoms with Crippen LogP contribution < -0.4 is 10.2 Å². The van der Waals surface area contributed by atoms with E-state index in [2.05, 4.69) is 77.0 Å². The molecule has 0 radical (unpaired) electrons. The number of carbonyl (C=O) groups excluding carboxylic acids is 1. The van der Waals surface area contributed by atoms with Crippen molar-refractivity contribution in [3.05, 3.63) is 54.1 Å². The highest BCUT2D eigenvalue weighted by Gasteiger charge is 2.12. The predicted octanol–water partition coefficient (Wildman–Crippen LogP) is 3.37. The number of nitrogens with one attached hydrogen (secondary N) is 1. The lowest BCUT2D eigenvalue weighted by molar-refractivity contribution is -0.122. The number of nitrogens with zero attached hydrogens (tertiary/aromatic N) is 5. The first kappa shape index (κ1) is 22.4. The van der Waals surface area contributed by atoms with Gasteiger partial charge in [-0.1, -0.05) is 29.7 Å². The molecule has 3 aromatic rings.